The summed E-state index contributed by atoms with van der Waals surface area (Å²) in [5.74, 6) is 0. The van der Waals surface area contributed by atoms with Crippen LogP contribution in [-0.2, 0) is 4.74 Å². The predicted octanol–water partition coefficient (Wildman–Crippen LogP) is 4.07. The van der Waals surface area contributed by atoms with Gasteiger partial charge in [0.2, 0.25) is 0 Å². The standard InChI is InChI=1S/C11H24OS/c1-4-5-6-7-8-9-10-11(12-2)13-3/h11H,4-10H2,1-3H3. The normalized spacial score (nSPS) is 13.2. The van der Waals surface area contributed by atoms with Gasteiger partial charge in [0.25, 0.3) is 0 Å². The third-order valence-electron chi connectivity index (χ3n) is 2.32. The number of methoxy groups -OCH3 is 1. The quantitative estimate of drug-likeness (QED) is 0.413. The maximum Gasteiger partial charge on any atom is 0.102 e. The van der Waals surface area contributed by atoms with Gasteiger partial charge in [-0.25, -0.2) is 0 Å². The second-order valence-electron chi connectivity index (χ2n) is 3.46. The highest BCUT2D eigenvalue weighted by Crippen LogP contribution is 2.16. The van der Waals surface area contributed by atoms with Crippen LogP contribution in [0.4, 0.5) is 0 Å². The van der Waals surface area contributed by atoms with Crippen LogP contribution in [0.3, 0.4) is 0 Å². The fourth-order valence-electron chi connectivity index (χ4n) is 1.42. The molecule has 80 valence electrons. The van der Waals surface area contributed by atoms with E-state index in [1.807, 2.05) is 11.8 Å². The Hall–Kier alpha value is 0.310. The SMILES string of the molecule is CCCCCCCCC(OC)SC. The van der Waals surface area contributed by atoms with Gasteiger partial charge in [-0.2, -0.15) is 0 Å². The molecule has 0 bridgehead atoms. The van der Waals surface area contributed by atoms with Gasteiger partial charge < -0.3 is 4.74 Å². The topological polar surface area (TPSA) is 9.23 Å². The number of unbranched alkanes of at least 4 members (excludes halogenated alkanes) is 5. The van der Waals surface area contributed by atoms with Gasteiger partial charge in [-0.3, -0.25) is 0 Å². The number of hydrogen-bond acceptors (Lipinski definition) is 2. The summed E-state index contributed by atoms with van der Waals surface area (Å²) in [6.07, 6.45) is 11.6. The highest BCUT2D eigenvalue weighted by Gasteiger charge is 2.02. The van der Waals surface area contributed by atoms with Crippen molar-refractivity contribution in [3.63, 3.8) is 0 Å². The van der Waals surface area contributed by atoms with Gasteiger partial charge >= 0.3 is 0 Å². The molecule has 0 aromatic rings. The van der Waals surface area contributed by atoms with Crippen molar-refractivity contribution in [3.05, 3.63) is 0 Å². The van der Waals surface area contributed by atoms with Crippen molar-refractivity contribution in [3.8, 4) is 0 Å². The van der Waals surface area contributed by atoms with Gasteiger partial charge in [-0.1, -0.05) is 39.0 Å². The monoisotopic (exact) mass is 204 g/mol. The van der Waals surface area contributed by atoms with E-state index in [9.17, 15) is 0 Å². The van der Waals surface area contributed by atoms with E-state index >= 15 is 0 Å². The Kier molecular flexibility index (Phi) is 10.6. The Morgan fingerprint density at radius 1 is 1.08 bits per heavy atom. The van der Waals surface area contributed by atoms with Gasteiger partial charge in [-0.05, 0) is 19.1 Å². The molecule has 0 fully saturated rings. The van der Waals surface area contributed by atoms with Crippen LogP contribution in [0, 0.1) is 0 Å². The molecule has 0 N–H and O–H groups in total. The summed E-state index contributed by atoms with van der Waals surface area (Å²) in [5, 5.41) is 0. The molecule has 1 nitrogen and oxygen atoms in total. The zero-order chi connectivity index (χ0) is 9.94. The number of thioether (sulfide) groups is 1. The molecule has 0 aliphatic carbocycles. The maximum atomic E-state index is 5.29. The maximum absolute atomic E-state index is 5.29. The van der Waals surface area contributed by atoms with Crippen molar-refractivity contribution in [2.24, 2.45) is 0 Å². The van der Waals surface area contributed by atoms with E-state index in [4.69, 9.17) is 4.74 Å². The van der Waals surface area contributed by atoms with E-state index in [0.29, 0.717) is 5.44 Å². The molecule has 0 saturated carbocycles. The fourth-order valence-corrected chi connectivity index (χ4v) is 2.02. The van der Waals surface area contributed by atoms with Gasteiger partial charge in [0.1, 0.15) is 5.44 Å². The Labute approximate surface area is 87.6 Å². The molecule has 0 amide bonds. The molecule has 0 aromatic heterocycles. The highest BCUT2D eigenvalue weighted by atomic mass is 32.2. The number of hydrogen-bond donors (Lipinski definition) is 0. The van der Waals surface area contributed by atoms with Crippen LogP contribution >= 0.6 is 11.8 Å². The molecule has 0 aliphatic rings. The number of rotatable bonds is 9. The average molecular weight is 204 g/mol. The zero-order valence-electron chi connectivity index (χ0n) is 9.34. The van der Waals surface area contributed by atoms with Crippen molar-refractivity contribution < 1.29 is 4.74 Å². The molecule has 0 aliphatic heterocycles. The molecule has 0 rings (SSSR count). The molecule has 1 unspecified atom stereocenters. The molecule has 0 saturated heterocycles. The molecule has 0 heterocycles. The van der Waals surface area contributed by atoms with Gasteiger partial charge in [0.05, 0.1) is 0 Å². The minimum Gasteiger partial charge on any atom is -0.371 e. The molecule has 0 radical (unpaired) electrons. The number of ether oxygens (including phenoxy) is 1. The first kappa shape index (κ1) is 13.3. The smallest absolute Gasteiger partial charge is 0.102 e. The lowest BCUT2D eigenvalue weighted by Gasteiger charge is -2.11. The third-order valence-corrected chi connectivity index (χ3v) is 3.27. The summed E-state index contributed by atoms with van der Waals surface area (Å²) < 4.78 is 5.29. The Balaban J connectivity index is 3.05. The van der Waals surface area contributed by atoms with E-state index < -0.39 is 0 Å². The first-order valence-electron chi connectivity index (χ1n) is 5.40. The lowest BCUT2D eigenvalue weighted by Crippen LogP contribution is -2.03. The minimum absolute atomic E-state index is 0.422. The summed E-state index contributed by atoms with van der Waals surface area (Å²) >= 11 is 1.82. The lowest BCUT2D eigenvalue weighted by molar-refractivity contribution is 0.163. The highest BCUT2D eigenvalue weighted by molar-refractivity contribution is 7.99. The molecule has 0 spiro atoms. The minimum atomic E-state index is 0.422. The molecular formula is C11H24OS. The van der Waals surface area contributed by atoms with Crippen molar-refractivity contribution in [2.75, 3.05) is 13.4 Å². The average Bonchev–Trinajstić information content (AvgIpc) is 2.17. The molecule has 2 heteroatoms. The Morgan fingerprint density at radius 3 is 2.23 bits per heavy atom. The van der Waals surface area contributed by atoms with Crippen molar-refractivity contribution >= 4 is 11.8 Å². The fraction of sp³-hybridized carbons (Fsp3) is 1.00. The zero-order valence-corrected chi connectivity index (χ0v) is 10.2. The van der Waals surface area contributed by atoms with Crippen LogP contribution in [0.5, 0.6) is 0 Å². The summed E-state index contributed by atoms with van der Waals surface area (Å²) in [6, 6.07) is 0. The van der Waals surface area contributed by atoms with E-state index in [1.54, 1.807) is 7.11 Å². The molecule has 0 aromatic carbocycles. The summed E-state index contributed by atoms with van der Waals surface area (Å²) in [4.78, 5) is 0. The van der Waals surface area contributed by atoms with Gasteiger partial charge in [0, 0.05) is 7.11 Å². The van der Waals surface area contributed by atoms with Crippen LogP contribution in [0.15, 0.2) is 0 Å². The molecule has 1 atom stereocenters. The second-order valence-corrected chi connectivity index (χ2v) is 4.45. The van der Waals surface area contributed by atoms with Crippen LogP contribution in [0.25, 0.3) is 0 Å². The summed E-state index contributed by atoms with van der Waals surface area (Å²) in [5.41, 5.74) is 0.422. The first-order valence-corrected chi connectivity index (χ1v) is 6.69. The summed E-state index contributed by atoms with van der Waals surface area (Å²) in [6.45, 7) is 2.26. The van der Waals surface area contributed by atoms with E-state index in [2.05, 4.69) is 13.2 Å². The van der Waals surface area contributed by atoms with Crippen LogP contribution in [0.2, 0.25) is 0 Å². The van der Waals surface area contributed by atoms with Gasteiger partial charge in [0.15, 0.2) is 0 Å². The lowest BCUT2D eigenvalue weighted by atomic mass is 10.1. The Bertz CT molecular complexity index is 92.1. The second kappa shape index (κ2) is 10.4. The van der Waals surface area contributed by atoms with E-state index in [-0.39, 0.29) is 0 Å². The van der Waals surface area contributed by atoms with Crippen molar-refractivity contribution in [1.29, 1.82) is 0 Å². The third kappa shape index (κ3) is 8.63. The Morgan fingerprint density at radius 2 is 1.69 bits per heavy atom. The van der Waals surface area contributed by atoms with Gasteiger partial charge in [-0.15, -0.1) is 11.8 Å². The van der Waals surface area contributed by atoms with Crippen molar-refractivity contribution in [1.82, 2.24) is 0 Å². The molecular weight excluding hydrogens is 180 g/mol. The predicted molar refractivity (Wildman–Crippen MR) is 62.3 cm³/mol. The van der Waals surface area contributed by atoms with E-state index in [1.165, 1.54) is 44.9 Å². The van der Waals surface area contributed by atoms with E-state index in [0.717, 1.165) is 0 Å². The molecule has 13 heavy (non-hydrogen) atoms. The van der Waals surface area contributed by atoms with Crippen LogP contribution in [-0.4, -0.2) is 18.8 Å². The first-order chi connectivity index (χ1) is 6.35. The van der Waals surface area contributed by atoms with Crippen LogP contribution in [0.1, 0.15) is 51.9 Å². The largest absolute Gasteiger partial charge is 0.371 e. The van der Waals surface area contributed by atoms with Crippen molar-refractivity contribution in [2.45, 2.75) is 57.3 Å². The summed E-state index contributed by atoms with van der Waals surface area (Å²) in [7, 11) is 1.80. The van der Waals surface area contributed by atoms with Crippen LogP contribution < -0.4 is 0 Å².